The number of H-pyrrole nitrogens is 1. The molecule has 0 aliphatic carbocycles. The van der Waals surface area contributed by atoms with Crippen LogP contribution in [0.1, 0.15) is 46.8 Å². The number of rotatable bonds is 15. The molecule has 0 bridgehead atoms. The van der Waals surface area contributed by atoms with Gasteiger partial charge in [-0.15, -0.1) is 0 Å². The zero-order chi connectivity index (χ0) is 33.6. The van der Waals surface area contributed by atoms with Gasteiger partial charge in [-0.1, -0.05) is 6.07 Å². The predicted octanol–water partition coefficient (Wildman–Crippen LogP) is 2.40. The van der Waals surface area contributed by atoms with Crippen molar-refractivity contribution in [3.63, 3.8) is 0 Å². The highest BCUT2D eigenvalue weighted by Crippen LogP contribution is 2.26. The lowest BCUT2D eigenvalue weighted by Gasteiger charge is -2.19. The van der Waals surface area contributed by atoms with Gasteiger partial charge in [-0.25, -0.2) is 13.4 Å². The number of carboxylic acid groups (broad SMARTS) is 1. The number of ether oxygens (including phenoxy) is 1. The van der Waals surface area contributed by atoms with E-state index in [4.69, 9.17) is 4.74 Å². The second-order valence-corrected chi connectivity index (χ2v) is 12.5. The van der Waals surface area contributed by atoms with E-state index in [0.29, 0.717) is 47.7 Å². The van der Waals surface area contributed by atoms with E-state index in [1.54, 1.807) is 56.1 Å². The number of nitrogens with zero attached hydrogens (tertiary/aromatic N) is 2. The summed E-state index contributed by atoms with van der Waals surface area (Å²) < 4.78 is 36.0. The molecule has 2 aromatic carbocycles. The molecular formula is C31H36N6O8S. The highest BCUT2D eigenvalue weighted by Gasteiger charge is 2.29. The second-order valence-electron chi connectivity index (χ2n) is 10.9. The van der Waals surface area contributed by atoms with Crippen molar-refractivity contribution < 1.29 is 32.6 Å². The number of carbonyl (C=O) groups is 3. The molecular weight excluding hydrogens is 616 g/mol. The lowest BCUT2D eigenvalue weighted by Crippen LogP contribution is -2.49. The van der Waals surface area contributed by atoms with Gasteiger partial charge in [0.05, 0.1) is 17.0 Å². The van der Waals surface area contributed by atoms with Gasteiger partial charge in [0.25, 0.3) is 5.91 Å². The van der Waals surface area contributed by atoms with Gasteiger partial charge in [-0.2, -0.15) is 4.72 Å². The van der Waals surface area contributed by atoms with E-state index in [0.717, 1.165) is 5.56 Å². The van der Waals surface area contributed by atoms with Crippen LogP contribution < -0.4 is 25.5 Å². The summed E-state index contributed by atoms with van der Waals surface area (Å²) in [6.45, 7) is 4.67. The summed E-state index contributed by atoms with van der Waals surface area (Å²) in [5.74, 6) is -1.33. The van der Waals surface area contributed by atoms with E-state index >= 15 is 0 Å². The van der Waals surface area contributed by atoms with Gasteiger partial charge in [-0.3, -0.25) is 14.4 Å². The van der Waals surface area contributed by atoms with Crippen LogP contribution in [0.15, 0.2) is 58.6 Å². The average Bonchev–Trinajstić information content (AvgIpc) is 3.51. The number of ketones is 1. The van der Waals surface area contributed by atoms with Crippen LogP contribution in [-0.4, -0.2) is 64.9 Å². The molecule has 0 spiro atoms. The number of hydrogen-bond donors (Lipinski definition) is 5. The minimum Gasteiger partial charge on any atom is -0.494 e. The van der Waals surface area contributed by atoms with Crippen LogP contribution >= 0.6 is 0 Å². The zero-order valence-corrected chi connectivity index (χ0v) is 26.7. The Morgan fingerprint density at radius 2 is 1.85 bits per heavy atom. The van der Waals surface area contributed by atoms with Crippen LogP contribution in [0.3, 0.4) is 0 Å². The number of imidazole rings is 1. The molecule has 46 heavy (non-hydrogen) atoms. The maximum Gasteiger partial charge on any atom is 0.323 e. The quantitative estimate of drug-likeness (QED) is 0.119. The lowest BCUT2D eigenvalue weighted by atomic mass is 10.1. The number of hydrogen-bond acceptors (Lipinski definition) is 9. The third kappa shape index (κ3) is 8.17. The van der Waals surface area contributed by atoms with Crippen LogP contribution in [0.25, 0.3) is 10.9 Å². The van der Waals surface area contributed by atoms with Crippen molar-refractivity contribution in [3.05, 3.63) is 81.4 Å². The predicted molar refractivity (Wildman–Crippen MR) is 171 cm³/mol. The van der Waals surface area contributed by atoms with E-state index in [2.05, 4.69) is 25.3 Å². The first-order valence-electron chi connectivity index (χ1n) is 14.4. The molecule has 2 aromatic heterocycles. The molecule has 15 heteroatoms. The van der Waals surface area contributed by atoms with Gasteiger partial charge in [0.1, 0.15) is 23.1 Å². The van der Waals surface area contributed by atoms with E-state index in [-0.39, 0.29) is 28.2 Å². The maximum absolute atomic E-state index is 13.3. The Kier molecular flexibility index (Phi) is 10.6. The molecule has 0 aliphatic rings. The summed E-state index contributed by atoms with van der Waals surface area (Å²) in [5, 5.41) is 15.6. The van der Waals surface area contributed by atoms with Crippen LogP contribution in [-0.2, 0) is 33.2 Å². The van der Waals surface area contributed by atoms with E-state index < -0.39 is 39.9 Å². The minimum atomic E-state index is -4.36. The first-order chi connectivity index (χ1) is 21.8. The van der Waals surface area contributed by atoms with Crippen molar-refractivity contribution in [1.82, 2.24) is 24.6 Å². The lowest BCUT2D eigenvalue weighted by molar-refractivity contribution is -0.138. The van der Waals surface area contributed by atoms with Crippen molar-refractivity contribution in [2.75, 3.05) is 18.5 Å². The molecule has 4 rings (SSSR count). The minimum absolute atomic E-state index is 0.0389. The summed E-state index contributed by atoms with van der Waals surface area (Å²) >= 11 is 0. The summed E-state index contributed by atoms with van der Waals surface area (Å²) in [6.07, 6.45) is 5.53. The Hall–Kier alpha value is -5.02. The highest BCUT2D eigenvalue weighted by atomic mass is 32.2. The number of nitrogens with one attached hydrogen (secondary N) is 4. The molecule has 0 radical (unpaired) electrons. The molecule has 0 aliphatic heterocycles. The molecule has 2 heterocycles. The third-order valence-electron chi connectivity index (χ3n) is 7.16. The van der Waals surface area contributed by atoms with Crippen molar-refractivity contribution in [2.45, 2.75) is 51.1 Å². The smallest absolute Gasteiger partial charge is 0.323 e. The zero-order valence-electron chi connectivity index (χ0n) is 25.8. The van der Waals surface area contributed by atoms with Gasteiger partial charge in [0.15, 0.2) is 5.95 Å². The number of aliphatic carboxylic acids is 1. The fraction of sp³-hybridized carbons (Fsp3) is 0.323. The highest BCUT2D eigenvalue weighted by molar-refractivity contribution is 7.89. The Morgan fingerprint density at radius 3 is 2.48 bits per heavy atom. The Bertz CT molecular complexity index is 1910. The molecule has 4 aromatic rings. The number of fused-ring (bicyclic) bond motifs is 1. The van der Waals surface area contributed by atoms with Gasteiger partial charge < -0.3 is 34.8 Å². The topological polar surface area (TPSA) is 202 Å². The first kappa shape index (κ1) is 33.9. The van der Waals surface area contributed by atoms with Gasteiger partial charge >= 0.3 is 5.97 Å². The van der Waals surface area contributed by atoms with Crippen molar-refractivity contribution in [3.8, 4) is 5.75 Å². The second kappa shape index (κ2) is 14.4. The van der Waals surface area contributed by atoms with Crippen LogP contribution in [0.5, 0.6) is 5.75 Å². The van der Waals surface area contributed by atoms with Crippen LogP contribution in [0.4, 0.5) is 5.95 Å². The summed E-state index contributed by atoms with van der Waals surface area (Å²) in [5.41, 5.74) is 1.30. The average molecular weight is 653 g/mol. The number of carboxylic acids is 1. The number of sulfonamides is 1. The van der Waals surface area contributed by atoms with E-state index in [1.165, 1.54) is 25.3 Å². The fourth-order valence-corrected chi connectivity index (χ4v) is 6.63. The number of anilines is 1. The Balaban J connectivity index is 1.46. The number of carbonyl (C=O) groups excluding carboxylic acids is 2. The van der Waals surface area contributed by atoms with Gasteiger partial charge in [0.2, 0.25) is 15.5 Å². The summed E-state index contributed by atoms with van der Waals surface area (Å²) in [6, 6.07) is 6.45. The molecule has 14 nitrogen and oxygen atoms in total. The van der Waals surface area contributed by atoms with E-state index in [1.807, 2.05) is 0 Å². The van der Waals surface area contributed by atoms with Crippen molar-refractivity contribution in [1.29, 1.82) is 0 Å². The SMILES string of the molecule is CC(=O)CCCOc1cc(C)c(S(=O)(=O)N[C@@H](CNC(=O)c2cn(C)c3cc(CNc4ncc[nH]4)ccc3c2=O)C(=O)O)c(C)c1. The number of amides is 1. The number of aromatic nitrogens is 3. The first-order valence-corrected chi connectivity index (χ1v) is 15.9. The van der Waals surface area contributed by atoms with E-state index in [9.17, 15) is 32.7 Å². The molecule has 244 valence electrons. The maximum atomic E-state index is 13.3. The fourth-order valence-electron chi connectivity index (χ4n) is 4.99. The molecule has 1 amide bonds. The standard InChI is InChI=1S/C31H36N6O8S/c1-18-12-22(45-11-5-6-20(3)38)13-19(2)28(18)46(43,44)36-25(30(41)42)16-34-29(40)24-17-37(4)26-14-21(7-8-23(26)27(24)39)15-35-31-32-9-10-33-31/h7-10,12-14,17,25,36H,5-6,11,15-16H2,1-4H3,(H,34,40)(H,41,42)(H2,32,33,35)/t25-/m0/s1. The van der Waals surface area contributed by atoms with Crippen molar-refractivity contribution in [2.24, 2.45) is 7.05 Å². The molecule has 5 N–H and O–H groups in total. The number of aromatic amines is 1. The molecule has 0 saturated heterocycles. The monoisotopic (exact) mass is 652 g/mol. The summed E-state index contributed by atoms with van der Waals surface area (Å²) in [7, 11) is -2.69. The van der Waals surface area contributed by atoms with Crippen molar-refractivity contribution >= 4 is 44.5 Å². The van der Waals surface area contributed by atoms with Crippen LogP contribution in [0.2, 0.25) is 0 Å². The number of pyridine rings is 1. The number of Topliss-reactive ketones (excluding diaryl/α,β-unsaturated/α-hetero) is 1. The Morgan fingerprint density at radius 1 is 1.13 bits per heavy atom. The van der Waals surface area contributed by atoms with Gasteiger partial charge in [0, 0.05) is 50.5 Å². The largest absolute Gasteiger partial charge is 0.494 e. The normalized spacial score (nSPS) is 12.1. The Labute approximate surface area is 265 Å². The molecule has 0 saturated carbocycles. The third-order valence-corrected chi connectivity index (χ3v) is 8.94. The number of benzene rings is 2. The number of aryl methyl sites for hydroxylation is 3. The molecule has 0 fully saturated rings. The molecule has 1 atom stereocenters. The molecule has 0 unspecified atom stereocenters. The summed E-state index contributed by atoms with van der Waals surface area (Å²) in [4.78, 5) is 56.4. The van der Waals surface area contributed by atoms with Gasteiger partial charge in [-0.05, 0) is 68.1 Å². The van der Waals surface area contributed by atoms with Crippen LogP contribution in [0, 0.1) is 13.8 Å².